The van der Waals surface area contributed by atoms with Crippen molar-refractivity contribution in [3.8, 4) is 0 Å². The van der Waals surface area contributed by atoms with E-state index in [0.717, 1.165) is 0 Å². The first-order valence-electron chi connectivity index (χ1n) is 3.29. The highest BCUT2D eigenvalue weighted by molar-refractivity contribution is 6.67. The Labute approximate surface area is 74.7 Å². The lowest BCUT2D eigenvalue weighted by atomic mass is 10.1. The third-order valence-corrected chi connectivity index (χ3v) is 1.71. The molecule has 0 atom stereocenters. The number of nitrogens with two attached hydrogens (primary N) is 2. The Morgan fingerprint density at radius 3 is 2.67 bits per heavy atom. The monoisotopic (exact) mass is 183 g/mol. The van der Waals surface area contributed by atoms with Crippen molar-refractivity contribution in [2.24, 2.45) is 0 Å². The normalized spacial score (nSPS) is 9.42. The summed E-state index contributed by atoms with van der Waals surface area (Å²) in [6, 6.07) is 4.71. The number of hydrogen-bond donors (Lipinski definition) is 2. The maximum Gasteiger partial charge on any atom is 0.252 e. The Morgan fingerprint density at radius 1 is 1.58 bits per heavy atom. The van der Waals surface area contributed by atoms with E-state index in [1.807, 2.05) is 0 Å². The Hall–Kier alpha value is -1.35. The van der Waals surface area contributed by atoms with Gasteiger partial charge >= 0.3 is 0 Å². The van der Waals surface area contributed by atoms with Crippen LogP contribution in [0.5, 0.6) is 0 Å². The van der Waals surface area contributed by atoms with E-state index in [1.165, 1.54) is 12.3 Å². The van der Waals surface area contributed by atoms with E-state index in [0.29, 0.717) is 16.8 Å². The van der Waals surface area contributed by atoms with Crippen LogP contribution in [0.2, 0.25) is 0 Å². The van der Waals surface area contributed by atoms with Crippen molar-refractivity contribution in [3.05, 3.63) is 29.3 Å². The SMILES string of the molecule is Nc1cc(C(=O)Cl)ccc1C=[NH2+]. The minimum Gasteiger partial charge on any atom is -0.398 e. The van der Waals surface area contributed by atoms with Gasteiger partial charge in [0.1, 0.15) is 0 Å². The highest BCUT2D eigenvalue weighted by atomic mass is 35.5. The van der Waals surface area contributed by atoms with Crippen molar-refractivity contribution in [2.45, 2.75) is 0 Å². The number of nitrogen functional groups attached to an aromatic ring is 1. The van der Waals surface area contributed by atoms with Gasteiger partial charge in [-0.2, -0.15) is 0 Å². The molecule has 0 unspecified atom stereocenters. The molecule has 0 saturated heterocycles. The van der Waals surface area contributed by atoms with Crippen molar-refractivity contribution in [3.63, 3.8) is 0 Å². The van der Waals surface area contributed by atoms with E-state index in [9.17, 15) is 4.79 Å². The minimum atomic E-state index is -0.523. The highest BCUT2D eigenvalue weighted by Crippen LogP contribution is 2.13. The lowest BCUT2D eigenvalue weighted by Crippen LogP contribution is -2.30. The zero-order valence-electron chi connectivity index (χ0n) is 6.25. The molecule has 0 saturated carbocycles. The second kappa shape index (κ2) is 3.36. The Morgan fingerprint density at radius 2 is 2.25 bits per heavy atom. The van der Waals surface area contributed by atoms with Crippen LogP contribution < -0.4 is 11.1 Å². The first-order chi connectivity index (χ1) is 5.65. The molecule has 1 aromatic rings. The van der Waals surface area contributed by atoms with Crippen LogP contribution in [-0.4, -0.2) is 11.5 Å². The first kappa shape index (κ1) is 8.74. The predicted molar refractivity (Wildman–Crippen MR) is 48.1 cm³/mol. The lowest BCUT2D eigenvalue weighted by Gasteiger charge is -1.98. The van der Waals surface area contributed by atoms with Gasteiger partial charge < -0.3 is 5.73 Å². The molecule has 0 aromatic heterocycles. The summed E-state index contributed by atoms with van der Waals surface area (Å²) in [6.45, 7) is 0. The maximum absolute atomic E-state index is 10.7. The van der Waals surface area contributed by atoms with Crippen LogP contribution in [0.25, 0.3) is 0 Å². The molecule has 0 aliphatic rings. The molecule has 0 aliphatic carbocycles. The van der Waals surface area contributed by atoms with Gasteiger partial charge in [-0.05, 0) is 29.8 Å². The molecule has 0 amide bonds. The number of anilines is 1. The van der Waals surface area contributed by atoms with E-state index in [1.54, 1.807) is 12.1 Å². The number of hydrogen-bond acceptors (Lipinski definition) is 2. The van der Waals surface area contributed by atoms with Crippen molar-refractivity contribution in [1.82, 2.24) is 0 Å². The summed E-state index contributed by atoms with van der Waals surface area (Å²) in [4.78, 5) is 10.7. The van der Waals surface area contributed by atoms with Gasteiger partial charge in [0, 0.05) is 11.3 Å². The molecule has 62 valence electrons. The quantitative estimate of drug-likeness (QED) is 0.380. The van der Waals surface area contributed by atoms with E-state index in [4.69, 9.17) is 22.7 Å². The van der Waals surface area contributed by atoms with Gasteiger partial charge in [0.2, 0.25) is 0 Å². The maximum atomic E-state index is 10.7. The number of carbonyl (C=O) groups is 1. The number of carbonyl (C=O) groups excluding carboxylic acids is 1. The summed E-state index contributed by atoms with van der Waals surface area (Å²) in [5.41, 5.74) is 7.06. The molecule has 0 bridgehead atoms. The topological polar surface area (TPSA) is 68.7 Å². The lowest BCUT2D eigenvalue weighted by molar-refractivity contribution is -0.104. The molecular formula is C8H8ClN2O+. The Kier molecular flexibility index (Phi) is 2.45. The predicted octanol–water partition coefficient (Wildman–Crippen LogP) is -0.174. The van der Waals surface area contributed by atoms with Crippen molar-refractivity contribution >= 4 is 28.7 Å². The van der Waals surface area contributed by atoms with Crippen LogP contribution in [0.4, 0.5) is 5.69 Å². The molecule has 12 heavy (non-hydrogen) atoms. The zero-order valence-corrected chi connectivity index (χ0v) is 7.01. The Balaban J connectivity index is 3.18. The Bertz CT molecular complexity index is 336. The van der Waals surface area contributed by atoms with Crippen molar-refractivity contribution in [2.75, 3.05) is 5.73 Å². The van der Waals surface area contributed by atoms with Crippen LogP contribution in [0.15, 0.2) is 18.2 Å². The van der Waals surface area contributed by atoms with Gasteiger partial charge in [-0.25, -0.2) is 0 Å². The highest BCUT2D eigenvalue weighted by Gasteiger charge is 2.04. The molecule has 4 N–H and O–H groups in total. The average Bonchev–Trinajstić information content (AvgIpc) is 2.04. The molecule has 4 heteroatoms. The molecule has 0 aliphatic heterocycles. The molecule has 0 heterocycles. The molecule has 0 spiro atoms. The second-order valence-corrected chi connectivity index (χ2v) is 2.63. The number of halogens is 1. The first-order valence-corrected chi connectivity index (χ1v) is 3.67. The van der Waals surface area contributed by atoms with E-state index in [2.05, 4.69) is 0 Å². The summed E-state index contributed by atoms with van der Waals surface area (Å²) >= 11 is 5.23. The van der Waals surface area contributed by atoms with Crippen molar-refractivity contribution in [1.29, 1.82) is 0 Å². The van der Waals surface area contributed by atoms with Crippen LogP contribution >= 0.6 is 11.6 Å². The third kappa shape index (κ3) is 1.62. The minimum absolute atomic E-state index is 0.375. The summed E-state index contributed by atoms with van der Waals surface area (Å²) < 4.78 is 0. The molecular weight excluding hydrogens is 176 g/mol. The standard InChI is InChI=1S/C8H7ClN2O/c9-8(12)5-1-2-6(4-10)7(11)3-5/h1-4,10H,11H2/p+1. The van der Waals surface area contributed by atoms with Gasteiger partial charge in [-0.1, -0.05) is 0 Å². The smallest absolute Gasteiger partial charge is 0.252 e. The van der Waals surface area contributed by atoms with E-state index < -0.39 is 5.24 Å². The van der Waals surface area contributed by atoms with Gasteiger partial charge in [-0.3, -0.25) is 10.2 Å². The summed E-state index contributed by atoms with van der Waals surface area (Å²) in [5, 5.41) is 4.73. The van der Waals surface area contributed by atoms with Crippen LogP contribution in [0.3, 0.4) is 0 Å². The fourth-order valence-corrected chi connectivity index (χ4v) is 0.966. The third-order valence-electron chi connectivity index (χ3n) is 1.49. The van der Waals surface area contributed by atoms with Gasteiger partial charge in [0.25, 0.3) is 5.24 Å². The fraction of sp³-hybridized carbons (Fsp3) is 0. The second-order valence-electron chi connectivity index (χ2n) is 2.28. The van der Waals surface area contributed by atoms with E-state index in [-0.39, 0.29) is 0 Å². The largest absolute Gasteiger partial charge is 0.398 e. The van der Waals surface area contributed by atoms with Gasteiger partial charge in [0.15, 0.2) is 6.21 Å². The van der Waals surface area contributed by atoms with Crippen LogP contribution in [0.1, 0.15) is 15.9 Å². The number of rotatable bonds is 2. The van der Waals surface area contributed by atoms with Gasteiger partial charge in [-0.15, -0.1) is 0 Å². The zero-order chi connectivity index (χ0) is 9.14. The fourth-order valence-electron chi connectivity index (χ4n) is 0.849. The summed E-state index contributed by atoms with van der Waals surface area (Å²) in [5.74, 6) is 0. The summed E-state index contributed by atoms with van der Waals surface area (Å²) in [6.07, 6.45) is 1.37. The van der Waals surface area contributed by atoms with Crippen molar-refractivity contribution < 1.29 is 10.2 Å². The average molecular weight is 184 g/mol. The van der Waals surface area contributed by atoms with Gasteiger partial charge in [0.05, 0.1) is 5.56 Å². The molecule has 3 nitrogen and oxygen atoms in total. The summed E-state index contributed by atoms with van der Waals surface area (Å²) in [7, 11) is 0. The van der Waals surface area contributed by atoms with E-state index >= 15 is 0 Å². The number of benzene rings is 1. The molecule has 1 aromatic carbocycles. The molecule has 0 radical (unpaired) electrons. The van der Waals surface area contributed by atoms with Crippen LogP contribution in [-0.2, 0) is 0 Å². The van der Waals surface area contributed by atoms with Crippen LogP contribution in [0, 0.1) is 0 Å². The molecule has 0 fully saturated rings. The molecule has 1 rings (SSSR count).